The number of likely N-dealkylation sites (tertiary alicyclic amines) is 2. The lowest BCUT2D eigenvalue weighted by Gasteiger charge is -2.38. The third-order valence-corrected chi connectivity index (χ3v) is 13.7. The first-order chi connectivity index (χ1) is 32.3. The molecule has 0 spiro atoms. The highest BCUT2D eigenvalue weighted by Crippen LogP contribution is 2.47. The normalized spacial score (nSPS) is 22.3. The number of fused-ring (bicyclic) bond motifs is 5. The summed E-state index contributed by atoms with van der Waals surface area (Å²) in [6.45, 7) is 12.8. The van der Waals surface area contributed by atoms with Gasteiger partial charge in [-0.05, 0) is 94.5 Å². The molecule has 2 aromatic carbocycles. The molecule has 4 amide bonds. The summed E-state index contributed by atoms with van der Waals surface area (Å²) < 4.78 is 40.9. The molecule has 9 rings (SSSR count). The number of hydrogen-bond donors (Lipinski definition) is 4. The van der Waals surface area contributed by atoms with E-state index in [1.807, 2.05) is 62.6 Å². The molecule has 3 aromatic heterocycles. The summed E-state index contributed by atoms with van der Waals surface area (Å²) in [5.41, 5.74) is 4.40. The van der Waals surface area contributed by atoms with Gasteiger partial charge in [-0.2, -0.15) is 40.5 Å². The number of imidazole rings is 2. The van der Waals surface area contributed by atoms with Crippen molar-refractivity contribution < 1.29 is 42.5 Å². The third-order valence-electron chi connectivity index (χ3n) is 13.7. The van der Waals surface area contributed by atoms with E-state index in [0.29, 0.717) is 95.3 Å². The van der Waals surface area contributed by atoms with Crippen LogP contribution in [0.25, 0.3) is 44.7 Å². The van der Waals surface area contributed by atoms with Crippen LogP contribution < -0.4 is 15.4 Å². The molecule has 4 aliphatic rings. The first-order valence-corrected chi connectivity index (χ1v) is 23.1. The summed E-state index contributed by atoms with van der Waals surface area (Å²) in [5, 5.41) is 5.90. The van der Waals surface area contributed by atoms with Crippen molar-refractivity contribution in [3.8, 4) is 39.5 Å². The number of amides is 4. The summed E-state index contributed by atoms with van der Waals surface area (Å²) in [4.78, 5) is 72.4. The number of H-pyrrole nitrogens is 2. The predicted octanol–water partition coefficient (Wildman–Crippen LogP) is 8.28. The number of ether oxygens (including phenoxy) is 4. The summed E-state index contributed by atoms with van der Waals surface area (Å²) in [6.07, 6.45) is 7.10. The van der Waals surface area contributed by atoms with Crippen LogP contribution >= 0.6 is 40.5 Å². The number of halogens is 1. The average Bonchev–Trinajstić information content (AvgIpc) is 4.19. The molecule has 7 heterocycles. The fraction of sp³-hybridized carbons (Fsp3) is 0.469. The molecule has 3 fully saturated rings. The van der Waals surface area contributed by atoms with Crippen LogP contribution in [-0.2, 0) is 23.8 Å². The Hall–Kier alpha value is -5.64. The number of aromatic amines is 2. The first kappa shape index (κ1) is 53.7. The van der Waals surface area contributed by atoms with Crippen molar-refractivity contribution in [1.82, 2.24) is 44.9 Å². The minimum atomic E-state index is -0.782. The lowest BCUT2D eigenvalue weighted by molar-refractivity contribution is -0.138. The molecule has 0 bridgehead atoms. The van der Waals surface area contributed by atoms with Gasteiger partial charge in [0.1, 0.15) is 29.5 Å². The van der Waals surface area contributed by atoms with Crippen LogP contribution in [0.3, 0.4) is 0 Å². The Morgan fingerprint density at radius 1 is 0.829 bits per heavy atom. The molecule has 17 nitrogen and oxygen atoms in total. The topological polar surface area (TPSA) is 198 Å². The number of carbonyl (C=O) groups excluding carboxylic acids is 4. The Balaban J connectivity index is 0.00000268. The van der Waals surface area contributed by atoms with E-state index >= 15 is 4.39 Å². The van der Waals surface area contributed by atoms with E-state index in [2.05, 4.69) is 27.2 Å². The van der Waals surface area contributed by atoms with Crippen LogP contribution in [0, 0.1) is 17.7 Å². The summed E-state index contributed by atoms with van der Waals surface area (Å²) in [6, 6.07) is 8.94. The maximum absolute atomic E-state index is 17.0. The Morgan fingerprint density at radius 3 is 1.96 bits per heavy atom. The first-order valence-electron chi connectivity index (χ1n) is 23.1. The van der Waals surface area contributed by atoms with Gasteiger partial charge in [0.05, 0.1) is 73.5 Å². The van der Waals surface area contributed by atoms with Gasteiger partial charge in [-0.3, -0.25) is 14.2 Å². The van der Waals surface area contributed by atoms with Crippen molar-refractivity contribution in [3.63, 3.8) is 0 Å². The maximum atomic E-state index is 17.0. The molecule has 5 aromatic rings. The van der Waals surface area contributed by atoms with Gasteiger partial charge in [-0.15, -0.1) is 0 Å². The Labute approximate surface area is 427 Å². The van der Waals surface area contributed by atoms with Gasteiger partial charge in [0.15, 0.2) is 12.0 Å². The second-order valence-electron chi connectivity index (χ2n) is 18.4. The second kappa shape index (κ2) is 22.2. The van der Waals surface area contributed by atoms with E-state index in [1.165, 1.54) is 14.2 Å². The highest BCUT2D eigenvalue weighted by atomic mass is 32.1. The molecular weight excluding hydrogens is 958 g/mol. The van der Waals surface area contributed by atoms with Crippen molar-refractivity contribution in [3.05, 3.63) is 78.9 Å². The number of carbonyl (C=O) groups is 4. The van der Waals surface area contributed by atoms with Crippen LogP contribution in [0.15, 0.2) is 61.4 Å². The number of rotatable bonds is 11. The third kappa shape index (κ3) is 10.1. The SMILES string of the molecule is C=CC1Oc2cc(-c3cnc([C@@H]4CCCN4C(=O)[C@@H](NC(=O)OC)C(C)C)[nH]3)ccc2-c2c(F)c3cc(-c4cnc([C@@H]5CCCN5C(=O)C(NC(=O)OC)C5C[C@@H](C)O[C@@H](C)C5)[nH]4)ccc3n21.S.S.S. The highest BCUT2D eigenvalue weighted by molar-refractivity contribution is 7.59. The van der Waals surface area contributed by atoms with E-state index in [9.17, 15) is 19.2 Å². The number of alkyl carbamates (subject to hydrolysis) is 2. The van der Waals surface area contributed by atoms with Gasteiger partial charge in [-0.1, -0.05) is 32.6 Å². The molecule has 4 aliphatic heterocycles. The van der Waals surface area contributed by atoms with Crippen molar-refractivity contribution >= 4 is 75.4 Å². The zero-order valence-electron chi connectivity index (χ0n) is 40.1. The van der Waals surface area contributed by atoms with Gasteiger partial charge >= 0.3 is 12.2 Å². The van der Waals surface area contributed by atoms with Crippen molar-refractivity contribution in [1.29, 1.82) is 0 Å². The standard InChI is InChI=1S/C49H58FN9O8.3H2S/c1-8-39-59-35-16-14-28(33-23-51-45(53-33)37-12-10-18-58(37)47(61)42(56-49(63)65-7)30-19-26(4)66-27(5)20-30)21-32(35)40(50)43(59)31-15-13-29(22-38(31)67-39)34-24-52-44(54-34)36-11-9-17-57(36)46(60)41(25(2)3)55-48(62)64-6;;;/h8,13-16,21-27,30,36-37,39,41-42H,1,9-12,17-20H2,2-7H3,(H,51,53)(H,52,54)(H,55,62)(H,56,63);3*1H2/t26-,27+,30?,36-,37-,39?,41-,42?;;;/m0.../s1. The van der Waals surface area contributed by atoms with Crippen LogP contribution in [0.2, 0.25) is 0 Å². The van der Waals surface area contributed by atoms with Gasteiger partial charge < -0.3 is 49.3 Å². The van der Waals surface area contributed by atoms with Gasteiger partial charge in [0.2, 0.25) is 11.8 Å². The highest BCUT2D eigenvalue weighted by Gasteiger charge is 2.43. The zero-order valence-corrected chi connectivity index (χ0v) is 43.1. The van der Waals surface area contributed by atoms with E-state index in [0.717, 1.165) is 18.4 Å². The fourth-order valence-electron chi connectivity index (χ4n) is 10.6. The molecule has 0 saturated carbocycles. The molecule has 21 heteroatoms. The number of benzene rings is 2. The molecule has 0 aliphatic carbocycles. The van der Waals surface area contributed by atoms with Crippen LogP contribution in [0.1, 0.15) is 96.2 Å². The Morgan fingerprint density at radius 2 is 1.39 bits per heavy atom. The minimum absolute atomic E-state index is 0. The zero-order chi connectivity index (χ0) is 47.3. The fourth-order valence-corrected chi connectivity index (χ4v) is 10.6. The lowest BCUT2D eigenvalue weighted by Crippen LogP contribution is -2.54. The Bertz CT molecular complexity index is 2720. The number of nitrogens with one attached hydrogen (secondary N) is 4. The van der Waals surface area contributed by atoms with E-state index in [1.54, 1.807) is 34.3 Å². The minimum Gasteiger partial charge on any atom is -0.466 e. The number of aromatic nitrogens is 5. The van der Waals surface area contributed by atoms with E-state index in [4.69, 9.17) is 28.9 Å². The lowest BCUT2D eigenvalue weighted by atomic mass is 9.85. The Kier molecular flexibility index (Phi) is 17.0. The monoisotopic (exact) mass is 1020 g/mol. The van der Waals surface area contributed by atoms with Crippen molar-refractivity contribution in [2.75, 3.05) is 27.3 Å². The summed E-state index contributed by atoms with van der Waals surface area (Å²) in [7, 11) is 2.56. The largest absolute Gasteiger partial charge is 0.466 e. The molecule has 0 radical (unpaired) electrons. The van der Waals surface area contributed by atoms with Crippen LogP contribution in [0.4, 0.5) is 14.0 Å². The molecular formula is C49H64FN9O8S3. The van der Waals surface area contributed by atoms with Crippen molar-refractivity contribution in [2.24, 2.45) is 11.8 Å². The maximum Gasteiger partial charge on any atom is 0.407 e. The molecule has 3 unspecified atom stereocenters. The van der Waals surface area contributed by atoms with Gasteiger partial charge in [0, 0.05) is 35.2 Å². The molecule has 4 N–H and O–H groups in total. The van der Waals surface area contributed by atoms with Crippen LogP contribution in [0.5, 0.6) is 5.75 Å². The van der Waals surface area contributed by atoms with E-state index < -0.39 is 36.3 Å². The molecule has 378 valence electrons. The molecule has 70 heavy (non-hydrogen) atoms. The number of methoxy groups -OCH3 is 2. The van der Waals surface area contributed by atoms with Gasteiger partial charge in [0.25, 0.3) is 0 Å². The average molecular weight is 1020 g/mol. The van der Waals surface area contributed by atoms with Crippen LogP contribution in [-0.4, -0.2) is 110 Å². The van der Waals surface area contributed by atoms with Crippen molar-refractivity contribution in [2.45, 2.75) is 109 Å². The second-order valence-corrected chi connectivity index (χ2v) is 18.4. The smallest absolute Gasteiger partial charge is 0.407 e. The van der Waals surface area contributed by atoms with Gasteiger partial charge in [-0.25, -0.2) is 23.9 Å². The summed E-state index contributed by atoms with van der Waals surface area (Å²) in [5.74, 6) is 0.627. The predicted molar refractivity (Wildman–Crippen MR) is 277 cm³/mol. The quantitative estimate of drug-likeness (QED) is 0.0935. The molecule has 8 atom stereocenters. The molecule has 3 saturated heterocycles. The number of nitrogens with zero attached hydrogens (tertiary/aromatic N) is 5. The van der Waals surface area contributed by atoms with E-state index in [-0.39, 0.29) is 88.4 Å². The summed E-state index contributed by atoms with van der Waals surface area (Å²) >= 11 is 0. The number of hydrogen-bond acceptors (Lipinski definition) is 10.